The summed E-state index contributed by atoms with van der Waals surface area (Å²) >= 11 is 1.53. The zero-order valence-corrected chi connectivity index (χ0v) is 10.8. The topological polar surface area (TPSA) is 49.8 Å². The molecule has 18 heavy (non-hydrogen) atoms. The molecule has 4 heteroatoms. The lowest BCUT2D eigenvalue weighted by atomic mass is 10.2. The molecule has 3 rings (SSSR count). The number of nitriles is 1. The van der Waals surface area contributed by atoms with Gasteiger partial charge in [-0.25, -0.2) is 4.98 Å². The van der Waals surface area contributed by atoms with Gasteiger partial charge in [0.1, 0.15) is 22.6 Å². The van der Waals surface area contributed by atoms with Crippen molar-refractivity contribution in [2.24, 2.45) is 0 Å². The normalized spacial score (nSPS) is 15.7. The average molecular weight is 256 g/mol. The van der Waals surface area contributed by atoms with Crippen LogP contribution in [0.1, 0.15) is 41.0 Å². The fraction of sp³-hybridized carbons (Fsp3) is 0.286. The number of furan rings is 1. The smallest absolute Gasteiger partial charge is 0.134 e. The Hall–Kier alpha value is -1.86. The summed E-state index contributed by atoms with van der Waals surface area (Å²) in [5, 5.41) is 12.1. The molecular weight excluding hydrogens is 244 g/mol. The van der Waals surface area contributed by atoms with Gasteiger partial charge in [0.2, 0.25) is 0 Å². The van der Waals surface area contributed by atoms with E-state index in [4.69, 9.17) is 4.42 Å². The Kier molecular flexibility index (Phi) is 2.77. The standard InChI is InChI=1S/C14H12N2OS/c1-9-2-5-12(17-9)6-11(7-15)14-16-13(8-18-14)10-3-4-10/h2,5-6,8,10H,3-4H2,1H3/b11-6+. The van der Waals surface area contributed by atoms with Crippen LogP contribution in [0, 0.1) is 18.3 Å². The Morgan fingerprint density at radius 1 is 1.56 bits per heavy atom. The third-order valence-corrected chi connectivity index (χ3v) is 3.81. The SMILES string of the molecule is Cc1ccc(/C=C(\C#N)c2nc(C3CC3)cs2)o1. The van der Waals surface area contributed by atoms with Gasteiger partial charge in [-0.05, 0) is 31.9 Å². The van der Waals surface area contributed by atoms with E-state index in [1.165, 1.54) is 24.2 Å². The van der Waals surface area contributed by atoms with Crippen LogP contribution in [-0.2, 0) is 0 Å². The lowest BCUT2D eigenvalue weighted by molar-refractivity contribution is 0.525. The van der Waals surface area contributed by atoms with Crippen molar-refractivity contribution < 1.29 is 4.42 Å². The number of aromatic nitrogens is 1. The number of nitrogens with zero attached hydrogens (tertiary/aromatic N) is 2. The van der Waals surface area contributed by atoms with E-state index in [-0.39, 0.29) is 0 Å². The van der Waals surface area contributed by atoms with E-state index in [2.05, 4.69) is 16.4 Å². The highest BCUT2D eigenvalue weighted by Gasteiger charge is 2.26. The summed E-state index contributed by atoms with van der Waals surface area (Å²) < 4.78 is 5.45. The molecular formula is C14H12N2OS. The van der Waals surface area contributed by atoms with Crippen molar-refractivity contribution >= 4 is 23.0 Å². The van der Waals surface area contributed by atoms with E-state index in [0.717, 1.165) is 16.5 Å². The summed E-state index contributed by atoms with van der Waals surface area (Å²) in [6, 6.07) is 5.95. The van der Waals surface area contributed by atoms with Crippen LogP contribution in [0.25, 0.3) is 11.6 Å². The van der Waals surface area contributed by atoms with Crippen LogP contribution in [0.5, 0.6) is 0 Å². The first kappa shape index (κ1) is 11.2. The molecule has 2 heterocycles. The van der Waals surface area contributed by atoms with Crippen LogP contribution in [0.3, 0.4) is 0 Å². The minimum Gasteiger partial charge on any atom is -0.462 e. The van der Waals surface area contributed by atoms with Gasteiger partial charge in [0.15, 0.2) is 0 Å². The van der Waals surface area contributed by atoms with Gasteiger partial charge in [0, 0.05) is 17.4 Å². The number of hydrogen-bond donors (Lipinski definition) is 0. The van der Waals surface area contributed by atoms with Gasteiger partial charge in [-0.2, -0.15) is 5.26 Å². The predicted octanol–water partition coefficient (Wildman–Crippen LogP) is 3.99. The molecule has 0 unspecified atom stereocenters. The van der Waals surface area contributed by atoms with Gasteiger partial charge in [0.25, 0.3) is 0 Å². The van der Waals surface area contributed by atoms with Crippen molar-refractivity contribution in [3.63, 3.8) is 0 Å². The van der Waals surface area contributed by atoms with E-state index in [0.29, 0.717) is 17.3 Å². The summed E-state index contributed by atoms with van der Waals surface area (Å²) in [6.45, 7) is 1.89. The maximum atomic E-state index is 9.22. The Labute approximate surface area is 109 Å². The molecule has 0 aromatic carbocycles. The summed E-state index contributed by atoms with van der Waals surface area (Å²) in [7, 11) is 0. The van der Waals surface area contributed by atoms with Crippen molar-refractivity contribution in [3.05, 3.63) is 39.7 Å². The molecule has 2 aromatic heterocycles. The first-order chi connectivity index (χ1) is 8.76. The molecule has 3 nitrogen and oxygen atoms in total. The van der Waals surface area contributed by atoms with Crippen LogP contribution in [0.15, 0.2) is 21.9 Å². The molecule has 0 spiro atoms. The summed E-state index contributed by atoms with van der Waals surface area (Å²) in [5.41, 5.74) is 1.70. The minimum atomic E-state index is 0.571. The Morgan fingerprint density at radius 2 is 2.39 bits per heavy atom. The molecule has 0 amide bonds. The van der Waals surface area contributed by atoms with E-state index >= 15 is 0 Å². The highest BCUT2D eigenvalue weighted by atomic mass is 32.1. The van der Waals surface area contributed by atoms with E-state index in [9.17, 15) is 5.26 Å². The van der Waals surface area contributed by atoms with Crippen molar-refractivity contribution in [1.82, 2.24) is 4.98 Å². The number of rotatable bonds is 3. The van der Waals surface area contributed by atoms with Crippen LogP contribution in [0.2, 0.25) is 0 Å². The zero-order chi connectivity index (χ0) is 12.5. The molecule has 0 aliphatic heterocycles. The van der Waals surface area contributed by atoms with Crippen molar-refractivity contribution in [2.75, 3.05) is 0 Å². The molecule has 1 aliphatic carbocycles. The fourth-order valence-electron chi connectivity index (χ4n) is 1.79. The number of aryl methyl sites for hydroxylation is 1. The van der Waals surface area contributed by atoms with Crippen LogP contribution in [-0.4, -0.2) is 4.98 Å². The van der Waals surface area contributed by atoms with Crippen LogP contribution >= 0.6 is 11.3 Å². The second-order valence-corrected chi connectivity index (χ2v) is 5.33. The van der Waals surface area contributed by atoms with Gasteiger partial charge in [-0.15, -0.1) is 11.3 Å². The zero-order valence-electron chi connectivity index (χ0n) is 10.0. The lowest BCUT2D eigenvalue weighted by Crippen LogP contribution is -1.83. The van der Waals surface area contributed by atoms with Crippen molar-refractivity contribution in [1.29, 1.82) is 5.26 Å². The molecule has 0 N–H and O–H groups in total. The average Bonchev–Trinajstić information content (AvgIpc) is 2.96. The highest BCUT2D eigenvalue weighted by molar-refractivity contribution is 7.11. The molecule has 1 aliphatic rings. The van der Waals surface area contributed by atoms with E-state index < -0.39 is 0 Å². The lowest BCUT2D eigenvalue weighted by Gasteiger charge is -1.92. The molecule has 90 valence electrons. The Morgan fingerprint density at radius 3 is 3.00 bits per heavy atom. The summed E-state index contributed by atoms with van der Waals surface area (Å²) in [4.78, 5) is 4.53. The molecule has 1 fully saturated rings. The Bertz CT molecular complexity index is 641. The van der Waals surface area contributed by atoms with Gasteiger partial charge < -0.3 is 4.42 Å². The summed E-state index contributed by atoms with van der Waals surface area (Å²) in [6.07, 6.45) is 4.21. The fourth-order valence-corrected chi connectivity index (χ4v) is 2.66. The largest absolute Gasteiger partial charge is 0.462 e. The van der Waals surface area contributed by atoms with Crippen molar-refractivity contribution in [3.8, 4) is 6.07 Å². The quantitative estimate of drug-likeness (QED) is 0.780. The second-order valence-electron chi connectivity index (χ2n) is 4.47. The van der Waals surface area contributed by atoms with E-state index in [1.807, 2.05) is 19.1 Å². The predicted molar refractivity (Wildman–Crippen MR) is 71.0 cm³/mol. The Balaban J connectivity index is 1.91. The van der Waals surface area contributed by atoms with Crippen LogP contribution < -0.4 is 0 Å². The van der Waals surface area contributed by atoms with Gasteiger partial charge in [-0.1, -0.05) is 0 Å². The molecule has 1 saturated carbocycles. The molecule has 0 radical (unpaired) electrons. The van der Waals surface area contributed by atoms with Gasteiger partial charge in [-0.3, -0.25) is 0 Å². The highest BCUT2D eigenvalue weighted by Crippen LogP contribution is 2.40. The number of thiazole rings is 1. The van der Waals surface area contributed by atoms with Gasteiger partial charge in [0.05, 0.1) is 11.3 Å². The first-order valence-corrected chi connectivity index (χ1v) is 6.78. The number of allylic oxidation sites excluding steroid dienone is 1. The molecule has 0 bridgehead atoms. The van der Waals surface area contributed by atoms with Crippen molar-refractivity contribution in [2.45, 2.75) is 25.7 Å². The van der Waals surface area contributed by atoms with E-state index in [1.54, 1.807) is 6.08 Å². The third-order valence-electron chi connectivity index (χ3n) is 2.92. The number of hydrogen-bond acceptors (Lipinski definition) is 4. The molecule has 0 atom stereocenters. The molecule has 2 aromatic rings. The first-order valence-electron chi connectivity index (χ1n) is 5.90. The molecule has 0 saturated heterocycles. The minimum absolute atomic E-state index is 0.571. The monoisotopic (exact) mass is 256 g/mol. The summed E-state index contributed by atoms with van der Waals surface area (Å²) in [5.74, 6) is 2.17. The second kappa shape index (κ2) is 4.43. The van der Waals surface area contributed by atoms with Gasteiger partial charge >= 0.3 is 0 Å². The third kappa shape index (κ3) is 2.22. The maximum Gasteiger partial charge on any atom is 0.134 e. The maximum absolute atomic E-state index is 9.22. The van der Waals surface area contributed by atoms with Crippen LogP contribution in [0.4, 0.5) is 0 Å².